The minimum absolute atomic E-state index is 0.0346. The highest BCUT2D eigenvalue weighted by molar-refractivity contribution is 7.89. The van der Waals surface area contributed by atoms with Gasteiger partial charge in [0, 0.05) is 24.7 Å². The van der Waals surface area contributed by atoms with Crippen LogP contribution >= 0.6 is 11.6 Å². The number of esters is 1. The van der Waals surface area contributed by atoms with Crippen molar-refractivity contribution in [2.24, 2.45) is 0 Å². The summed E-state index contributed by atoms with van der Waals surface area (Å²) < 4.78 is 30.8. The SMILES string of the molecule is C[C@@H](OC(=O)c1cccc(S(=O)(=O)N(C)C)c1)c1ccccc1Cl. The first-order chi connectivity index (χ1) is 11.2. The van der Waals surface area contributed by atoms with Crippen molar-refractivity contribution in [1.82, 2.24) is 4.31 Å². The van der Waals surface area contributed by atoms with E-state index in [9.17, 15) is 13.2 Å². The number of carbonyl (C=O) groups is 1. The Labute approximate surface area is 146 Å². The molecule has 0 bridgehead atoms. The van der Waals surface area contributed by atoms with Gasteiger partial charge in [-0.05, 0) is 31.2 Å². The molecule has 5 nitrogen and oxygen atoms in total. The summed E-state index contributed by atoms with van der Waals surface area (Å²) >= 11 is 6.09. The zero-order valence-corrected chi connectivity index (χ0v) is 15.1. The maximum atomic E-state index is 12.3. The smallest absolute Gasteiger partial charge is 0.338 e. The fourth-order valence-corrected chi connectivity index (χ4v) is 3.33. The van der Waals surface area contributed by atoms with Crippen molar-refractivity contribution in [3.63, 3.8) is 0 Å². The molecule has 0 aliphatic carbocycles. The fraction of sp³-hybridized carbons (Fsp3) is 0.235. The third-order valence-electron chi connectivity index (χ3n) is 3.48. The van der Waals surface area contributed by atoms with Crippen LogP contribution in [0.15, 0.2) is 53.4 Å². The summed E-state index contributed by atoms with van der Waals surface area (Å²) in [7, 11) is -0.755. The monoisotopic (exact) mass is 367 g/mol. The summed E-state index contributed by atoms with van der Waals surface area (Å²) in [5.74, 6) is -0.613. The first-order valence-electron chi connectivity index (χ1n) is 7.21. The van der Waals surface area contributed by atoms with E-state index in [1.54, 1.807) is 31.2 Å². The zero-order valence-electron chi connectivity index (χ0n) is 13.6. The summed E-state index contributed by atoms with van der Waals surface area (Å²) in [6.45, 7) is 1.71. The van der Waals surface area contributed by atoms with E-state index in [-0.39, 0.29) is 10.5 Å². The number of ether oxygens (including phenoxy) is 1. The minimum atomic E-state index is -3.62. The highest BCUT2D eigenvalue weighted by Gasteiger charge is 2.20. The molecule has 0 aliphatic rings. The van der Waals surface area contributed by atoms with Crippen LogP contribution in [0.1, 0.15) is 28.9 Å². The number of hydrogen-bond donors (Lipinski definition) is 0. The average molecular weight is 368 g/mol. The minimum Gasteiger partial charge on any atom is -0.454 e. The molecular formula is C17H18ClNO4S. The van der Waals surface area contributed by atoms with Crippen LogP contribution in [-0.4, -0.2) is 32.8 Å². The lowest BCUT2D eigenvalue weighted by Crippen LogP contribution is -2.22. The molecule has 2 rings (SSSR count). The zero-order chi connectivity index (χ0) is 17.9. The van der Waals surface area contributed by atoms with Gasteiger partial charge in [0.25, 0.3) is 0 Å². The maximum Gasteiger partial charge on any atom is 0.338 e. The molecule has 7 heteroatoms. The van der Waals surface area contributed by atoms with Crippen LogP contribution < -0.4 is 0 Å². The van der Waals surface area contributed by atoms with Crippen molar-refractivity contribution in [2.45, 2.75) is 17.9 Å². The van der Waals surface area contributed by atoms with Crippen LogP contribution in [0, 0.1) is 0 Å². The molecule has 1 atom stereocenters. The second-order valence-electron chi connectivity index (χ2n) is 5.38. The highest BCUT2D eigenvalue weighted by atomic mass is 35.5. The molecule has 0 aliphatic heterocycles. The number of carbonyl (C=O) groups excluding carboxylic acids is 1. The lowest BCUT2D eigenvalue weighted by Gasteiger charge is -2.16. The Morgan fingerprint density at radius 3 is 2.42 bits per heavy atom. The van der Waals surface area contributed by atoms with Gasteiger partial charge in [0.1, 0.15) is 6.10 Å². The number of hydrogen-bond acceptors (Lipinski definition) is 4. The molecule has 0 saturated heterocycles. The molecule has 0 saturated carbocycles. The topological polar surface area (TPSA) is 63.7 Å². The molecule has 0 heterocycles. The van der Waals surface area contributed by atoms with Crippen molar-refractivity contribution in [3.05, 3.63) is 64.7 Å². The first-order valence-corrected chi connectivity index (χ1v) is 9.03. The molecule has 0 spiro atoms. The van der Waals surface area contributed by atoms with Crippen LogP contribution in [0.2, 0.25) is 5.02 Å². The van der Waals surface area contributed by atoms with E-state index < -0.39 is 22.1 Å². The summed E-state index contributed by atoms with van der Waals surface area (Å²) in [4.78, 5) is 12.3. The van der Waals surface area contributed by atoms with Crippen LogP contribution in [0.25, 0.3) is 0 Å². The number of halogens is 1. The number of benzene rings is 2. The summed E-state index contributed by atoms with van der Waals surface area (Å²) in [6.07, 6.45) is -0.555. The molecule has 128 valence electrons. The van der Waals surface area contributed by atoms with Gasteiger partial charge in [0.15, 0.2) is 0 Å². The van der Waals surface area contributed by atoms with Gasteiger partial charge in [-0.2, -0.15) is 0 Å². The van der Waals surface area contributed by atoms with Gasteiger partial charge in [-0.1, -0.05) is 35.9 Å². The predicted octanol–water partition coefficient (Wildman–Crippen LogP) is 3.51. The van der Waals surface area contributed by atoms with Crippen LogP contribution in [-0.2, 0) is 14.8 Å². The Morgan fingerprint density at radius 1 is 1.12 bits per heavy atom. The van der Waals surface area contributed by atoms with Crippen LogP contribution in [0.5, 0.6) is 0 Å². The van der Waals surface area contributed by atoms with Gasteiger partial charge in [0.05, 0.1) is 10.5 Å². The standard InChI is InChI=1S/C17H18ClNO4S/c1-12(15-9-4-5-10-16(15)18)23-17(20)13-7-6-8-14(11-13)24(21,22)19(2)3/h4-12H,1-3H3/t12-/m1/s1. The third-order valence-corrected chi connectivity index (χ3v) is 5.63. The Kier molecular flexibility index (Phi) is 5.64. The van der Waals surface area contributed by atoms with E-state index >= 15 is 0 Å². The van der Waals surface area contributed by atoms with Crippen LogP contribution in [0.4, 0.5) is 0 Å². The number of rotatable bonds is 5. The fourth-order valence-electron chi connectivity index (χ4n) is 2.09. The Bertz CT molecular complexity index is 849. The summed E-state index contributed by atoms with van der Waals surface area (Å²) in [5, 5.41) is 0.502. The Morgan fingerprint density at radius 2 is 1.79 bits per heavy atom. The molecule has 2 aromatic rings. The molecular weight excluding hydrogens is 350 g/mol. The van der Waals surface area contributed by atoms with Crippen LogP contribution in [0.3, 0.4) is 0 Å². The van der Waals surface area contributed by atoms with Gasteiger partial charge in [-0.3, -0.25) is 0 Å². The molecule has 24 heavy (non-hydrogen) atoms. The quantitative estimate of drug-likeness (QED) is 0.758. The largest absolute Gasteiger partial charge is 0.454 e. The molecule has 0 radical (unpaired) electrons. The molecule has 0 fully saturated rings. The van der Waals surface area contributed by atoms with E-state index in [0.717, 1.165) is 4.31 Å². The van der Waals surface area contributed by atoms with Gasteiger partial charge < -0.3 is 4.74 Å². The predicted molar refractivity (Wildman–Crippen MR) is 92.6 cm³/mol. The molecule has 0 aromatic heterocycles. The lowest BCUT2D eigenvalue weighted by molar-refractivity contribution is 0.0338. The number of nitrogens with zero attached hydrogens (tertiary/aromatic N) is 1. The number of sulfonamides is 1. The average Bonchev–Trinajstić information content (AvgIpc) is 2.55. The summed E-state index contributed by atoms with van der Waals surface area (Å²) in [6, 6.07) is 12.8. The van der Waals surface area contributed by atoms with Gasteiger partial charge in [0.2, 0.25) is 10.0 Å². The third kappa shape index (κ3) is 3.95. The Balaban J connectivity index is 2.24. The van der Waals surface area contributed by atoms with Crippen molar-refractivity contribution >= 4 is 27.6 Å². The van der Waals surface area contributed by atoms with Gasteiger partial charge >= 0.3 is 5.97 Å². The van der Waals surface area contributed by atoms with E-state index in [1.807, 2.05) is 0 Å². The van der Waals surface area contributed by atoms with Crippen molar-refractivity contribution < 1.29 is 17.9 Å². The van der Waals surface area contributed by atoms with E-state index in [1.165, 1.54) is 38.4 Å². The van der Waals surface area contributed by atoms with E-state index in [0.29, 0.717) is 10.6 Å². The Hall–Kier alpha value is -1.89. The maximum absolute atomic E-state index is 12.3. The second kappa shape index (κ2) is 7.34. The van der Waals surface area contributed by atoms with Crippen molar-refractivity contribution in [3.8, 4) is 0 Å². The normalized spacial score (nSPS) is 12.9. The summed E-state index contributed by atoms with van der Waals surface area (Å²) in [5.41, 5.74) is 0.849. The van der Waals surface area contributed by atoms with Gasteiger partial charge in [-0.25, -0.2) is 17.5 Å². The molecule has 0 unspecified atom stereocenters. The molecule has 0 amide bonds. The first kappa shape index (κ1) is 18.4. The van der Waals surface area contributed by atoms with E-state index in [4.69, 9.17) is 16.3 Å². The molecule has 0 N–H and O–H groups in total. The van der Waals surface area contributed by atoms with Crippen molar-refractivity contribution in [2.75, 3.05) is 14.1 Å². The van der Waals surface area contributed by atoms with E-state index in [2.05, 4.69) is 0 Å². The molecule has 2 aromatic carbocycles. The van der Waals surface area contributed by atoms with Gasteiger partial charge in [-0.15, -0.1) is 0 Å². The highest BCUT2D eigenvalue weighted by Crippen LogP contribution is 2.26. The van der Waals surface area contributed by atoms with Crippen molar-refractivity contribution in [1.29, 1.82) is 0 Å². The second-order valence-corrected chi connectivity index (χ2v) is 7.94. The lowest BCUT2D eigenvalue weighted by atomic mass is 10.1.